The number of hydrazine groups is 1. The molecule has 0 radical (unpaired) electrons. The minimum Gasteiger partial charge on any atom is -0.480 e. The summed E-state index contributed by atoms with van der Waals surface area (Å²) in [6, 6.07) is -3.55. The predicted molar refractivity (Wildman–Crippen MR) is 88.1 cm³/mol. The van der Waals surface area contributed by atoms with Crippen molar-refractivity contribution >= 4 is 17.9 Å². The van der Waals surface area contributed by atoms with Crippen molar-refractivity contribution < 1.29 is 29.7 Å². The van der Waals surface area contributed by atoms with Crippen molar-refractivity contribution in [1.29, 1.82) is 0 Å². The van der Waals surface area contributed by atoms with Gasteiger partial charge in [-0.15, -0.1) is 0 Å². The van der Waals surface area contributed by atoms with Gasteiger partial charge in [-0.3, -0.25) is 10.2 Å². The number of carbonyl (C=O) groups is 3. The summed E-state index contributed by atoms with van der Waals surface area (Å²) in [6.45, 7) is 1.19. The van der Waals surface area contributed by atoms with Gasteiger partial charge in [-0.2, -0.15) is 0 Å². The zero-order valence-corrected chi connectivity index (χ0v) is 14.3. The standard InChI is InChI=1S/C13H28N6O6/c1-7(21)9(14)5-19(2)16-4-8(3-11(15)22)17-13(25)18-10(6-20)12(23)24/h7-10,16,20-21H,3-6,14H2,1-2H3,(H2,15,22)(H,23,24)(H2,17,18,25)/t7?,8-,9+,10-/m0/s1. The molecule has 0 bridgehead atoms. The zero-order chi connectivity index (χ0) is 19.6. The number of aliphatic carboxylic acids is 1. The van der Waals surface area contributed by atoms with E-state index in [1.165, 1.54) is 0 Å². The number of aliphatic hydroxyl groups excluding tert-OH is 2. The van der Waals surface area contributed by atoms with Crippen LogP contribution in [0, 0.1) is 0 Å². The van der Waals surface area contributed by atoms with E-state index in [1.54, 1.807) is 19.0 Å². The van der Waals surface area contributed by atoms with Crippen LogP contribution in [0.4, 0.5) is 4.79 Å². The number of nitrogens with zero attached hydrogens (tertiary/aromatic N) is 1. The molecule has 0 spiro atoms. The van der Waals surface area contributed by atoms with Crippen LogP contribution < -0.4 is 27.5 Å². The van der Waals surface area contributed by atoms with Gasteiger partial charge in [0, 0.05) is 32.6 Å². The summed E-state index contributed by atoms with van der Waals surface area (Å²) in [5, 5.41) is 33.1. The number of hydrogen-bond acceptors (Lipinski definition) is 8. The molecule has 0 aliphatic rings. The van der Waals surface area contributed by atoms with Gasteiger partial charge in [0.25, 0.3) is 0 Å². The lowest BCUT2D eigenvalue weighted by Crippen LogP contribution is -2.55. The molecule has 146 valence electrons. The second-order valence-corrected chi connectivity index (χ2v) is 5.71. The van der Waals surface area contributed by atoms with Crippen LogP contribution in [-0.2, 0) is 9.59 Å². The maximum atomic E-state index is 11.8. The topological polar surface area (TPSA) is 203 Å². The number of amides is 3. The Hall–Kier alpha value is -1.99. The van der Waals surface area contributed by atoms with Crippen LogP contribution in [0.1, 0.15) is 13.3 Å². The molecule has 0 rings (SSSR count). The number of likely N-dealkylation sites (N-methyl/N-ethyl adjacent to an activating group) is 1. The van der Waals surface area contributed by atoms with Crippen LogP contribution in [0.2, 0.25) is 0 Å². The lowest BCUT2D eigenvalue weighted by molar-refractivity contribution is -0.140. The van der Waals surface area contributed by atoms with Crippen molar-refractivity contribution in [3.05, 3.63) is 0 Å². The first-order valence-electron chi connectivity index (χ1n) is 7.64. The van der Waals surface area contributed by atoms with Crippen molar-refractivity contribution in [2.24, 2.45) is 11.5 Å². The van der Waals surface area contributed by atoms with Crippen LogP contribution in [0.25, 0.3) is 0 Å². The maximum absolute atomic E-state index is 11.8. The van der Waals surface area contributed by atoms with E-state index in [0.717, 1.165) is 0 Å². The van der Waals surface area contributed by atoms with Crippen molar-refractivity contribution in [3.8, 4) is 0 Å². The smallest absolute Gasteiger partial charge is 0.328 e. The van der Waals surface area contributed by atoms with Crippen LogP contribution in [0.15, 0.2) is 0 Å². The first-order chi connectivity index (χ1) is 11.6. The van der Waals surface area contributed by atoms with Crippen LogP contribution in [-0.4, -0.2) is 89.2 Å². The number of nitrogens with two attached hydrogens (primary N) is 2. The summed E-state index contributed by atoms with van der Waals surface area (Å²) >= 11 is 0. The number of rotatable bonds is 12. The normalized spacial score (nSPS) is 15.9. The van der Waals surface area contributed by atoms with Gasteiger partial charge >= 0.3 is 12.0 Å². The summed E-state index contributed by atoms with van der Waals surface area (Å²) in [5.74, 6) is -2.05. The quantitative estimate of drug-likeness (QED) is 0.159. The van der Waals surface area contributed by atoms with Crippen LogP contribution in [0.3, 0.4) is 0 Å². The van der Waals surface area contributed by atoms with E-state index in [1.807, 2.05) is 0 Å². The molecule has 25 heavy (non-hydrogen) atoms. The zero-order valence-electron chi connectivity index (χ0n) is 14.3. The van der Waals surface area contributed by atoms with Gasteiger partial charge in [0.15, 0.2) is 6.04 Å². The van der Waals surface area contributed by atoms with Gasteiger partial charge in [0.1, 0.15) is 0 Å². The molecule has 12 heteroatoms. The van der Waals surface area contributed by atoms with Gasteiger partial charge < -0.3 is 37.4 Å². The maximum Gasteiger partial charge on any atom is 0.328 e. The van der Waals surface area contributed by atoms with E-state index < -0.39 is 48.7 Å². The van der Waals surface area contributed by atoms with Gasteiger partial charge in [0.2, 0.25) is 5.91 Å². The summed E-state index contributed by atoms with van der Waals surface area (Å²) in [6.07, 6.45) is -0.894. The largest absolute Gasteiger partial charge is 0.480 e. The Labute approximate surface area is 145 Å². The fourth-order valence-electron chi connectivity index (χ4n) is 1.79. The monoisotopic (exact) mass is 364 g/mol. The Bertz CT molecular complexity index is 449. The van der Waals surface area contributed by atoms with Gasteiger partial charge in [-0.25, -0.2) is 14.6 Å². The van der Waals surface area contributed by atoms with E-state index in [0.29, 0.717) is 6.54 Å². The lowest BCUT2D eigenvalue weighted by Gasteiger charge is -2.26. The average Bonchev–Trinajstić information content (AvgIpc) is 2.49. The molecule has 0 fully saturated rings. The molecule has 10 N–H and O–H groups in total. The molecule has 0 aliphatic heterocycles. The SMILES string of the molecule is CC(O)[C@H](N)CN(C)NC[C@H](CC(N)=O)NC(=O)N[C@@H](CO)C(=O)O. The third-order valence-electron chi connectivity index (χ3n) is 3.28. The number of carboxylic acids is 1. The summed E-state index contributed by atoms with van der Waals surface area (Å²) in [7, 11) is 1.66. The summed E-state index contributed by atoms with van der Waals surface area (Å²) < 4.78 is 0. The first kappa shape index (κ1) is 23.0. The molecule has 0 aromatic heterocycles. The molecule has 0 heterocycles. The Kier molecular flexibility index (Phi) is 10.6. The van der Waals surface area contributed by atoms with E-state index in [-0.39, 0.29) is 13.0 Å². The molecule has 0 aromatic carbocycles. The number of nitrogens with one attached hydrogen (secondary N) is 3. The van der Waals surface area contributed by atoms with Crippen molar-refractivity contribution in [2.75, 3.05) is 26.7 Å². The van der Waals surface area contributed by atoms with Crippen molar-refractivity contribution in [3.63, 3.8) is 0 Å². The molecule has 3 amide bonds. The highest BCUT2D eigenvalue weighted by molar-refractivity contribution is 5.83. The Morgan fingerprint density at radius 2 is 1.84 bits per heavy atom. The van der Waals surface area contributed by atoms with E-state index in [4.69, 9.17) is 21.7 Å². The van der Waals surface area contributed by atoms with E-state index in [2.05, 4.69) is 16.1 Å². The third kappa shape index (κ3) is 10.5. The van der Waals surface area contributed by atoms with Gasteiger partial charge in [-0.05, 0) is 6.92 Å². The minimum absolute atomic E-state index is 0.107. The Morgan fingerprint density at radius 1 is 1.24 bits per heavy atom. The second kappa shape index (κ2) is 11.5. The Morgan fingerprint density at radius 3 is 2.28 bits per heavy atom. The van der Waals surface area contributed by atoms with Crippen LogP contribution in [0.5, 0.6) is 0 Å². The molecule has 0 saturated carbocycles. The minimum atomic E-state index is -1.46. The number of carboxylic acid groups (broad SMARTS) is 1. The highest BCUT2D eigenvalue weighted by Gasteiger charge is 2.22. The van der Waals surface area contributed by atoms with Crippen molar-refractivity contribution in [2.45, 2.75) is 37.6 Å². The highest BCUT2D eigenvalue weighted by atomic mass is 16.4. The molecule has 1 unspecified atom stereocenters. The average molecular weight is 364 g/mol. The molecule has 0 aromatic rings. The highest BCUT2D eigenvalue weighted by Crippen LogP contribution is 1.94. The van der Waals surface area contributed by atoms with Gasteiger partial charge in [0.05, 0.1) is 18.8 Å². The number of urea groups is 1. The Balaban J connectivity index is 4.56. The first-order valence-corrected chi connectivity index (χ1v) is 7.64. The molecular formula is C13H28N6O6. The molecular weight excluding hydrogens is 336 g/mol. The fourth-order valence-corrected chi connectivity index (χ4v) is 1.79. The number of hydrogen-bond donors (Lipinski definition) is 8. The second-order valence-electron chi connectivity index (χ2n) is 5.71. The third-order valence-corrected chi connectivity index (χ3v) is 3.28. The van der Waals surface area contributed by atoms with E-state index in [9.17, 15) is 19.5 Å². The summed E-state index contributed by atoms with van der Waals surface area (Å²) in [5.41, 5.74) is 13.7. The summed E-state index contributed by atoms with van der Waals surface area (Å²) in [4.78, 5) is 33.7. The van der Waals surface area contributed by atoms with Crippen molar-refractivity contribution in [1.82, 2.24) is 21.1 Å². The molecule has 4 atom stereocenters. The predicted octanol–water partition coefficient (Wildman–Crippen LogP) is -3.88. The van der Waals surface area contributed by atoms with Gasteiger partial charge in [-0.1, -0.05) is 0 Å². The number of primary amides is 1. The number of carbonyl (C=O) groups excluding carboxylic acids is 2. The van der Waals surface area contributed by atoms with E-state index >= 15 is 0 Å². The fraction of sp³-hybridized carbons (Fsp3) is 0.769. The van der Waals surface area contributed by atoms with Crippen LogP contribution >= 0.6 is 0 Å². The molecule has 0 saturated heterocycles. The number of aliphatic hydroxyl groups is 2. The molecule has 0 aliphatic carbocycles. The molecule has 12 nitrogen and oxygen atoms in total. The lowest BCUT2D eigenvalue weighted by atomic mass is 10.2.